The van der Waals surface area contributed by atoms with Crippen LogP contribution in [-0.4, -0.2) is 24.5 Å². The zero-order valence-corrected chi connectivity index (χ0v) is 39.2. The van der Waals surface area contributed by atoms with Crippen LogP contribution in [0.1, 0.15) is 22.3 Å². The molecule has 0 amide bonds. The van der Waals surface area contributed by atoms with Crippen LogP contribution in [0.15, 0.2) is 152 Å². The molecule has 0 spiro atoms. The number of pyridine rings is 2. The number of hydrogen-bond acceptors (Lipinski definition) is 6. The fourth-order valence-corrected chi connectivity index (χ4v) is 8.11. The Morgan fingerprint density at radius 1 is 0.413 bits per heavy atom. The van der Waals surface area contributed by atoms with E-state index in [0.29, 0.717) is 28.9 Å². The summed E-state index contributed by atoms with van der Waals surface area (Å²) in [6.45, 7) is 8.54. The molecule has 0 saturated carbocycles. The van der Waals surface area contributed by atoms with Crippen LogP contribution in [0.3, 0.4) is 0 Å². The van der Waals surface area contributed by atoms with E-state index in [2.05, 4.69) is 110 Å². The van der Waals surface area contributed by atoms with Gasteiger partial charge in [-0.25, -0.2) is 9.97 Å². The largest absolute Gasteiger partial charge is 2.00 e. The molecule has 6 aromatic carbocycles. The Labute approximate surface area is 395 Å². The van der Waals surface area contributed by atoms with Crippen LogP contribution in [0.2, 0.25) is 0 Å². The summed E-state index contributed by atoms with van der Waals surface area (Å²) in [5.41, 5.74) is 14.3. The summed E-state index contributed by atoms with van der Waals surface area (Å²) in [5, 5.41) is 1.87. The Morgan fingerprint density at radius 2 is 0.825 bits per heavy atom. The van der Waals surface area contributed by atoms with Gasteiger partial charge in [0.15, 0.2) is 0 Å². The molecule has 0 N–H and O–H groups in total. The van der Waals surface area contributed by atoms with Gasteiger partial charge in [0, 0.05) is 47.8 Å². The monoisotopic (exact) mass is 1180 g/mol. The number of ether oxygens (including phenoxy) is 2. The van der Waals surface area contributed by atoms with Gasteiger partial charge in [-0.3, -0.25) is 0 Å². The summed E-state index contributed by atoms with van der Waals surface area (Å²) in [6, 6.07) is 56.2. The molecule has 0 atom stereocenters. The van der Waals surface area contributed by atoms with Gasteiger partial charge in [-0.2, -0.15) is 22.9 Å². The van der Waals surface area contributed by atoms with Gasteiger partial charge in [0.1, 0.15) is 0 Å². The molecular weight excluding hydrogens is 1140 g/mol. The molecule has 4 aromatic heterocycles. The molecule has 4 heterocycles. The molecule has 0 bridgehead atoms. The van der Waals surface area contributed by atoms with Crippen LogP contribution in [0, 0.1) is 52.0 Å². The van der Waals surface area contributed by atoms with Gasteiger partial charge in [0.05, 0.1) is 0 Å². The number of aromatic nitrogens is 5. The molecule has 0 saturated heterocycles. The first-order valence-electron chi connectivity index (χ1n) is 20.0. The first kappa shape index (κ1) is 43.1. The average molecular weight is 1180 g/mol. The van der Waals surface area contributed by atoms with Crippen molar-refractivity contribution >= 4 is 21.8 Å². The number of fused-ring (bicyclic) bond motifs is 3. The van der Waals surface area contributed by atoms with Crippen molar-refractivity contribution in [2.45, 2.75) is 27.7 Å². The fourth-order valence-electron chi connectivity index (χ4n) is 8.11. The smallest absolute Gasteiger partial charge is 0.503 e. The Hall–Kier alpha value is -6.52. The van der Waals surface area contributed by atoms with Gasteiger partial charge in [0.25, 0.3) is 0 Å². The number of nitrogens with zero attached hydrogens (tertiary/aromatic N) is 5. The van der Waals surface area contributed by atoms with Crippen LogP contribution in [0.5, 0.6) is 23.0 Å². The van der Waals surface area contributed by atoms with E-state index in [9.17, 15) is 0 Å². The van der Waals surface area contributed by atoms with Crippen molar-refractivity contribution in [2.24, 2.45) is 0 Å². The van der Waals surface area contributed by atoms with E-state index in [-0.39, 0.29) is 42.1 Å². The summed E-state index contributed by atoms with van der Waals surface area (Å²) in [4.78, 5) is 18.6. The van der Waals surface area contributed by atoms with Crippen LogP contribution >= 0.6 is 0 Å². The van der Waals surface area contributed by atoms with E-state index in [1.54, 1.807) is 18.5 Å². The molecule has 63 heavy (non-hydrogen) atoms. The third-order valence-corrected chi connectivity index (χ3v) is 10.9. The molecule has 0 aliphatic rings. The summed E-state index contributed by atoms with van der Waals surface area (Å²) < 4.78 is 14.8. The third-order valence-electron chi connectivity index (χ3n) is 10.9. The van der Waals surface area contributed by atoms with Crippen molar-refractivity contribution in [3.05, 3.63) is 199 Å². The third kappa shape index (κ3) is 8.64. The molecule has 10 rings (SSSR count). The Bertz CT molecular complexity index is 3040. The van der Waals surface area contributed by atoms with Gasteiger partial charge >= 0.3 is 42.1 Å². The van der Waals surface area contributed by atoms with E-state index in [4.69, 9.17) is 19.4 Å². The number of rotatable bonds is 9. The molecule has 9 heteroatoms. The van der Waals surface area contributed by atoms with Crippen molar-refractivity contribution in [3.63, 3.8) is 0 Å². The SMILES string of the molecule is Cc1cccc(C)c1-c1ccnc(-c2[c-]c(Oc3[c-]c4c(cc3)c3ccc(Oc5[c-]c(-c6cc(-c7c(C)cccc7C)ccn6)ccc5)[c-]c3n4-c3ncccn3)ccc2)c1.[Pt+2].[Pt+2]. The normalized spacial score (nSPS) is 10.9. The van der Waals surface area contributed by atoms with Crippen LogP contribution in [-0.2, 0) is 42.1 Å². The van der Waals surface area contributed by atoms with E-state index < -0.39 is 0 Å². The first-order chi connectivity index (χ1) is 29.9. The average Bonchev–Trinajstić information content (AvgIpc) is 3.60. The Morgan fingerprint density at radius 3 is 1.27 bits per heavy atom. The summed E-state index contributed by atoms with van der Waals surface area (Å²) >= 11 is 0. The minimum Gasteiger partial charge on any atom is -0.503 e. The maximum atomic E-state index is 6.45. The van der Waals surface area contributed by atoms with E-state index >= 15 is 0 Å². The van der Waals surface area contributed by atoms with Crippen molar-refractivity contribution in [1.82, 2.24) is 24.5 Å². The molecule has 0 aliphatic carbocycles. The van der Waals surface area contributed by atoms with Gasteiger partial charge in [-0.1, -0.05) is 71.7 Å². The van der Waals surface area contributed by atoms with Crippen molar-refractivity contribution < 1.29 is 51.6 Å². The van der Waals surface area contributed by atoms with E-state index in [1.165, 1.54) is 33.4 Å². The zero-order valence-electron chi connectivity index (χ0n) is 34.6. The second kappa shape index (κ2) is 18.4. The predicted molar refractivity (Wildman–Crippen MR) is 241 cm³/mol. The molecule has 0 unspecified atom stereocenters. The van der Waals surface area contributed by atoms with E-state index in [1.807, 2.05) is 89.8 Å². The van der Waals surface area contributed by atoms with E-state index in [0.717, 1.165) is 55.4 Å². The number of aryl methyl sites for hydroxylation is 4. The minimum atomic E-state index is 0. The molecule has 7 nitrogen and oxygen atoms in total. The zero-order chi connectivity index (χ0) is 41.5. The molecular formula is C54H37N5O2Pt2. The molecule has 0 aliphatic heterocycles. The van der Waals surface area contributed by atoms with Crippen molar-refractivity contribution in [3.8, 4) is 73.7 Å². The number of hydrogen-bond donors (Lipinski definition) is 0. The summed E-state index contributed by atoms with van der Waals surface area (Å²) in [5.74, 6) is 2.57. The van der Waals surface area contributed by atoms with Gasteiger partial charge in [-0.15, -0.1) is 71.8 Å². The topological polar surface area (TPSA) is 75.0 Å². The van der Waals surface area contributed by atoms with Crippen molar-refractivity contribution in [2.75, 3.05) is 0 Å². The maximum absolute atomic E-state index is 6.45. The first-order valence-corrected chi connectivity index (χ1v) is 20.0. The quantitative estimate of drug-likeness (QED) is 0.134. The van der Waals surface area contributed by atoms with Gasteiger partial charge in [-0.05, 0) is 102 Å². The second-order valence-electron chi connectivity index (χ2n) is 15.0. The predicted octanol–water partition coefficient (Wildman–Crippen LogP) is 13.0. The molecule has 0 fully saturated rings. The number of benzene rings is 6. The Kier molecular flexibility index (Phi) is 12.6. The van der Waals surface area contributed by atoms with Crippen molar-refractivity contribution in [1.29, 1.82) is 0 Å². The van der Waals surface area contributed by atoms with Crippen LogP contribution in [0.4, 0.5) is 0 Å². The summed E-state index contributed by atoms with van der Waals surface area (Å²) in [6.07, 6.45) is 7.12. The van der Waals surface area contributed by atoms with Gasteiger partial charge < -0.3 is 24.0 Å². The molecule has 10 aromatic rings. The minimum absolute atomic E-state index is 0. The van der Waals surface area contributed by atoms with Gasteiger partial charge in [0.2, 0.25) is 5.95 Å². The Balaban J connectivity index is 0.00000272. The standard InChI is InChI=1S/C54H37N5O2.2Pt/c1-34-10-5-11-35(2)52(34)40-22-26-55-48(30-40)38-14-7-16-42(28-38)60-44-18-20-46-47-21-19-45(33-51(47)59(50(46)32-44)54-57-24-9-25-58-54)61-43-17-8-15-39(29-43)49-31-41(23-27-56-49)53-36(3)12-6-13-37(53)4;;/h5-27,30-31H,1-4H3;;/q-4;2*+2. The fraction of sp³-hybridized carbons (Fsp3) is 0.0741. The second-order valence-corrected chi connectivity index (χ2v) is 15.0. The molecule has 0 radical (unpaired) electrons. The molecule has 310 valence electrons. The van der Waals surface area contributed by atoms with Crippen LogP contribution < -0.4 is 9.47 Å². The van der Waals surface area contributed by atoms with Crippen LogP contribution in [0.25, 0.3) is 72.5 Å². The summed E-state index contributed by atoms with van der Waals surface area (Å²) in [7, 11) is 0. The maximum Gasteiger partial charge on any atom is 2.00 e.